The van der Waals surface area contributed by atoms with Gasteiger partial charge in [-0.1, -0.05) is 238 Å². The third-order valence-electron chi connectivity index (χ3n) is 12.5. The van der Waals surface area contributed by atoms with Crippen LogP contribution in [0.4, 0.5) is 0 Å². The minimum absolute atomic E-state index is 0.0761. The smallest absolute Gasteiger partial charge is 0.391 e. The Balaban J connectivity index is 4.21. The highest BCUT2D eigenvalue weighted by molar-refractivity contribution is 7.47. The normalized spacial score (nSPS) is 14.1. The Morgan fingerprint density at radius 1 is 0.532 bits per heavy atom. The van der Waals surface area contributed by atoms with Gasteiger partial charge in [0.1, 0.15) is 13.2 Å². The molecule has 0 saturated carbocycles. The van der Waals surface area contributed by atoms with Gasteiger partial charge in [0, 0.05) is 6.42 Å². The van der Waals surface area contributed by atoms with E-state index in [-0.39, 0.29) is 19.1 Å². The standard InChI is InChI=1S/C53H107N2O6P/c1-6-8-10-12-14-16-18-20-22-24-26-27-29-30-32-34-36-38-40-42-44-46-52(56)51(50-61-62(58,59)60-49-48-55(3,4)5)54-53(57)47-45-43-41-39-37-35-33-31-28-25-23-21-19-17-15-13-11-9-7-2/h25,28,51-52,56H,6-24,26-27,29-50H2,1-5H3,(H-,54,57,58,59)/p+1/b28-25-. The van der Waals surface area contributed by atoms with Crippen molar-refractivity contribution >= 4 is 13.7 Å². The quantitative estimate of drug-likeness (QED) is 0.0243. The Bertz CT molecular complexity index is 1020. The molecule has 3 N–H and O–H groups in total. The molecule has 3 unspecified atom stereocenters. The predicted molar refractivity (Wildman–Crippen MR) is 268 cm³/mol. The van der Waals surface area contributed by atoms with Crippen molar-refractivity contribution in [1.82, 2.24) is 5.32 Å². The number of likely N-dealkylation sites (N-methyl/N-ethyl adjacent to an activating group) is 1. The average molecular weight is 900 g/mol. The zero-order chi connectivity index (χ0) is 45.7. The van der Waals surface area contributed by atoms with Gasteiger partial charge in [-0.05, 0) is 38.5 Å². The summed E-state index contributed by atoms with van der Waals surface area (Å²) in [6, 6.07) is -0.760. The Morgan fingerprint density at radius 2 is 0.871 bits per heavy atom. The number of aliphatic hydroxyl groups is 1. The molecular formula is C53H108N2O6P+. The number of rotatable bonds is 50. The first kappa shape index (κ1) is 61.2. The highest BCUT2D eigenvalue weighted by Gasteiger charge is 2.28. The first-order valence-corrected chi connectivity index (χ1v) is 28.5. The van der Waals surface area contributed by atoms with Crippen LogP contribution in [0.3, 0.4) is 0 Å². The largest absolute Gasteiger partial charge is 0.472 e. The van der Waals surface area contributed by atoms with Crippen LogP contribution in [0.5, 0.6) is 0 Å². The number of aliphatic hydroxyl groups excluding tert-OH is 1. The topological polar surface area (TPSA) is 105 Å². The second kappa shape index (κ2) is 45.4. The lowest BCUT2D eigenvalue weighted by molar-refractivity contribution is -0.870. The number of phosphoric acid groups is 1. The van der Waals surface area contributed by atoms with Crippen LogP contribution in [0.1, 0.15) is 271 Å². The monoisotopic (exact) mass is 900 g/mol. The van der Waals surface area contributed by atoms with E-state index in [9.17, 15) is 19.4 Å². The van der Waals surface area contributed by atoms with Crippen molar-refractivity contribution in [1.29, 1.82) is 0 Å². The number of quaternary nitrogens is 1. The first-order valence-electron chi connectivity index (χ1n) is 27.1. The van der Waals surface area contributed by atoms with Crippen LogP contribution >= 0.6 is 7.82 Å². The number of allylic oxidation sites excluding steroid dienone is 2. The van der Waals surface area contributed by atoms with Crippen LogP contribution in [-0.2, 0) is 18.4 Å². The van der Waals surface area contributed by atoms with Crippen molar-refractivity contribution in [2.45, 2.75) is 283 Å². The second-order valence-electron chi connectivity index (χ2n) is 20.0. The lowest BCUT2D eigenvalue weighted by Gasteiger charge is -2.26. The number of amides is 1. The fraction of sp³-hybridized carbons (Fsp3) is 0.943. The maximum atomic E-state index is 13.0. The molecule has 0 aromatic rings. The minimum Gasteiger partial charge on any atom is -0.391 e. The van der Waals surface area contributed by atoms with Gasteiger partial charge in [0.15, 0.2) is 0 Å². The summed E-state index contributed by atoms with van der Waals surface area (Å²) < 4.78 is 23.7. The molecule has 0 rings (SSSR count). The van der Waals surface area contributed by atoms with E-state index in [4.69, 9.17) is 9.05 Å². The Kier molecular flexibility index (Phi) is 44.8. The van der Waals surface area contributed by atoms with E-state index in [0.29, 0.717) is 23.9 Å². The van der Waals surface area contributed by atoms with Gasteiger partial charge in [0.2, 0.25) is 5.91 Å². The van der Waals surface area contributed by atoms with Crippen molar-refractivity contribution < 1.29 is 32.9 Å². The Labute approximate surface area is 386 Å². The minimum atomic E-state index is -4.32. The molecule has 0 aromatic heterocycles. The van der Waals surface area contributed by atoms with Crippen molar-refractivity contribution in [3.63, 3.8) is 0 Å². The summed E-state index contributed by atoms with van der Waals surface area (Å²) in [4.78, 5) is 23.3. The molecule has 370 valence electrons. The first-order chi connectivity index (χ1) is 30.0. The highest BCUT2D eigenvalue weighted by atomic mass is 31.2. The molecular weight excluding hydrogens is 792 g/mol. The lowest BCUT2D eigenvalue weighted by atomic mass is 10.0. The van der Waals surface area contributed by atoms with E-state index < -0.39 is 20.0 Å². The van der Waals surface area contributed by atoms with Gasteiger partial charge in [-0.15, -0.1) is 0 Å². The van der Waals surface area contributed by atoms with Crippen molar-refractivity contribution in [2.75, 3.05) is 40.9 Å². The van der Waals surface area contributed by atoms with E-state index in [2.05, 4.69) is 31.3 Å². The molecule has 0 aliphatic heterocycles. The van der Waals surface area contributed by atoms with E-state index >= 15 is 0 Å². The molecule has 1 amide bonds. The number of hydrogen-bond donors (Lipinski definition) is 3. The van der Waals surface area contributed by atoms with Gasteiger partial charge < -0.3 is 19.8 Å². The van der Waals surface area contributed by atoms with Crippen molar-refractivity contribution in [3.8, 4) is 0 Å². The van der Waals surface area contributed by atoms with E-state index in [0.717, 1.165) is 38.5 Å². The Hall–Kier alpha value is -0.760. The van der Waals surface area contributed by atoms with Crippen molar-refractivity contribution in [3.05, 3.63) is 12.2 Å². The summed E-state index contributed by atoms with van der Waals surface area (Å²) >= 11 is 0. The van der Waals surface area contributed by atoms with Crippen LogP contribution in [0.25, 0.3) is 0 Å². The second-order valence-corrected chi connectivity index (χ2v) is 21.4. The molecule has 0 saturated heterocycles. The van der Waals surface area contributed by atoms with Crippen LogP contribution in [0.2, 0.25) is 0 Å². The summed E-state index contributed by atoms with van der Waals surface area (Å²) in [5.74, 6) is -0.145. The average Bonchev–Trinajstić information content (AvgIpc) is 3.23. The fourth-order valence-electron chi connectivity index (χ4n) is 8.22. The number of unbranched alkanes of at least 4 members (excludes halogenated alkanes) is 35. The molecule has 0 aliphatic carbocycles. The zero-order valence-corrected chi connectivity index (χ0v) is 43.0. The summed E-state index contributed by atoms with van der Waals surface area (Å²) in [5.41, 5.74) is 0. The predicted octanol–water partition coefficient (Wildman–Crippen LogP) is 15.9. The number of hydrogen-bond acceptors (Lipinski definition) is 5. The van der Waals surface area contributed by atoms with Crippen LogP contribution in [0, 0.1) is 0 Å². The van der Waals surface area contributed by atoms with Crippen LogP contribution in [0.15, 0.2) is 12.2 Å². The number of carbonyl (C=O) groups excluding carboxylic acids is 1. The molecule has 0 aromatic carbocycles. The summed E-state index contributed by atoms with van der Waals surface area (Å²) in [6.07, 6.45) is 53.9. The Morgan fingerprint density at radius 3 is 1.24 bits per heavy atom. The van der Waals surface area contributed by atoms with Gasteiger partial charge in [0.25, 0.3) is 0 Å². The van der Waals surface area contributed by atoms with Gasteiger partial charge in [-0.3, -0.25) is 13.8 Å². The number of nitrogens with zero attached hydrogens (tertiary/aromatic N) is 1. The van der Waals surface area contributed by atoms with Crippen LogP contribution in [-0.4, -0.2) is 73.4 Å². The van der Waals surface area contributed by atoms with Gasteiger partial charge in [-0.2, -0.15) is 0 Å². The van der Waals surface area contributed by atoms with E-state index in [1.165, 1.54) is 205 Å². The number of carbonyl (C=O) groups is 1. The molecule has 3 atom stereocenters. The highest BCUT2D eigenvalue weighted by Crippen LogP contribution is 2.43. The number of phosphoric ester groups is 1. The molecule has 0 aliphatic rings. The molecule has 62 heavy (non-hydrogen) atoms. The fourth-order valence-corrected chi connectivity index (χ4v) is 8.96. The SMILES string of the molecule is CCCCCCCCCC/C=C\CCCCCCCCCC(=O)NC(COP(=O)(O)OCC[N+](C)(C)C)C(O)CCCCCCCCCCCCCCCCCCCCCCC. The third kappa shape index (κ3) is 47.2. The summed E-state index contributed by atoms with van der Waals surface area (Å²) in [6.45, 7) is 4.92. The van der Waals surface area contributed by atoms with Crippen molar-refractivity contribution in [2.24, 2.45) is 0 Å². The lowest BCUT2D eigenvalue weighted by Crippen LogP contribution is -2.46. The maximum absolute atomic E-state index is 13.0. The number of nitrogens with one attached hydrogen (secondary N) is 1. The van der Waals surface area contributed by atoms with Crippen LogP contribution < -0.4 is 5.32 Å². The maximum Gasteiger partial charge on any atom is 0.472 e. The molecule has 0 spiro atoms. The molecule has 0 bridgehead atoms. The molecule has 8 nitrogen and oxygen atoms in total. The summed E-state index contributed by atoms with van der Waals surface area (Å²) in [5, 5.41) is 14.0. The molecule has 0 radical (unpaired) electrons. The zero-order valence-electron chi connectivity index (χ0n) is 42.1. The van der Waals surface area contributed by atoms with Gasteiger partial charge >= 0.3 is 7.82 Å². The van der Waals surface area contributed by atoms with Gasteiger partial charge in [-0.25, -0.2) is 4.57 Å². The summed E-state index contributed by atoms with van der Waals surface area (Å²) in [7, 11) is 1.62. The molecule has 0 fully saturated rings. The van der Waals surface area contributed by atoms with Gasteiger partial charge in [0.05, 0.1) is 39.9 Å². The molecule has 9 heteroatoms. The molecule has 0 heterocycles. The van der Waals surface area contributed by atoms with E-state index in [1.54, 1.807) is 0 Å². The third-order valence-corrected chi connectivity index (χ3v) is 13.5. The van der Waals surface area contributed by atoms with E-state index in [1.807, 2.05) is 21.1 Å².